The van der Waals surface area contributed by atoms with Crippen LogP contribution in [0.15, 0.2) is 36.5 Å². The number of aromatic nitrogens is 2. The molecule has 0 unspecified atom stereocenters. The van der Waals surface area contributed by atoms with Crippen molar-refractivity contribution in [2.75, 3.05) is 0 Å². The van der Waals surface area contributed by atoms with Crippen LogP contribution in [-0.2, 0) is 11.8 Å². The number of rotatable bonds is 4. The van der Waals surface area contributed by atoms with Crippen molar-refractivity contribution in [3.8, 4) is 0 Å². The average molecular weight is 294 g/mol. The molecular weight excluding hydrogens is 282 g/mol. The molecule has 2 N–H and O–H groups in total. The lowest BCUT2D eigenvalue weighted by atomic mass is 10.1. The van der Waals surface area contributed by atoms with E-state index in [1.807, 2.05) is 0 Å². The molecule has 1 heterocycles. The zero-order valence-electron chi connectivity index (χ0n) is 10.6. The van der Waals surface area contributed by atoms with Crippen molar-refractivity contribution in [2.24, 2.45) is 7.05 Å². The lowest BCUT2D eigenvalue weighted by Gasteiger charge is -2.15. The highest BCUT2D eigenvalue weighted by Gasteiger charge is 2.25. The van der Waals surface area contributed by atoms with Gasteiger partial charge in [0, 0.05) is 23.8 Å². The smallest absolute Gasteiger partial charge is 0.330 e. The van der Waals surface area contributed by atoms with E-state index < -0.39 is 17.9 Å². The molecule has 1 atom stereocenters. The Labute approximate surface area is 120 Å². The maximum Gasteiger partial charge on any atom is 0.330 e. The van der Waals surface area contributed by atoms with Gasteiger partial charge in [0.2, 0.25) is 0 Å². The molecule has 20 heavy (non-hydrogen) atoms. The summed E-state index contributed by atoms with van der Waals surface area (Å²) in [5.41, 5.74) is 0.469. The summed E-state index contributed by atoms with van der Waals surface area (Å²) >= 11 is 5.96. The number of nitrogens with zero attached hydrogens (tertiary/aromatic N) is 2. The number of halogens is 1. The molecule has 0 fully saturated rings. The Morgan fingerprint density at radius 3 is 2.60 bits per heavy atom. The molecule has 0 aliphatic rings. The van der Waals surface area contributed by atoms with Crippen molar-refractivity contribution >= 4 is 23.5 Å². The van der Waals surface area contributed by atoms with Crippen molar-refractivity contribution in [1.82, 2.24) is 15.1 Å². The lowest BCUT2D eigenvalue weighted by molar-refractivity contribution is -0.139. The molecule has 2 aromatic rings. The van der Waals surface area contributed by atoms with E-state index in [9.17, 15) is 14.7 Å². The Balaban J connectivity index is 2.25. The highest BCUT2D eigenvalue weighted by molar-refractivity contribution is 6.31. The first-order chi connectivity index (χ1) is 9.49. The lowest BCUT2D eigenvalue weighted by Crippen LogP contribution is -2.34. The summed E-state index contributed by atoms with van der Waals surface area (Å²) in [6.07, 6.45) is 1.60. The highest BCUT2D eigenvalue weighted by Crippen LogP contribution is 2.23. The van der Waals surface area contributed by atoms with Crippen molar-refractivity contribution in [2.45, 2.75) is 6.04 Å². The van der Waals surface area contributed by atoms with Crippen molar-refractivity contribution in [3.05, 3.63) is 52.8 Å². The Bertz CT molecular complexity index is 654. The molecule has 2 rings (SSSR count). The Morgan fingerprint density at radius 2 is 2.05 bits per heavy atom. The van der Waals surface area contributed by atoms with E-state index >= 15 is 0 Å². The molecule has 1 aromatic carbocycles. The van der Waals surface area contributed by atoms with E-state index in [-0.39, 0.29) is 10.7 Å². The summed E-state index contributed by atoms with van der Waals surface area (Å²) in [6, 6.07) is 6.74. The zero-order chi connectivity index (χ0) is 14.7. The number of carbonyl (C=O) groups excluding carboxylic acids is 1. The van der Waals surface area contributed by atoms with Crippen LogP contribution in [0.4, 0.5) is 0 Å². The summed E-state index contributed by atoms with van der Waals surface area (Å²) in [5.74, 6) is -1.76. The second kappa shape index (κ2) is 5.75. The Kier molecular flexibility index (Phi) is 4.05. The van der Waals surface area contributed by atoms with Gasteiger partial charge in [-0.15, -0.1) is 0 Å². The minimum Gasteiger partial charge on any atom is -0.479 e. The molecule has 0 saturated heterocycles. The Morgan fingerprint density at radius 1 is 1.35 bits per heavy atom. The van der Waals surface area contributed by atoms with Gasteiger partial charge in [-0.05, 0) is 12.1 Å². The number of carbonyl (C=O) groups is 2. The molecule has 0 radical (unpaired) electrons. The van der Waals surface area contributed by atoms with Gasteiger partial charge in [-0.2, -0.15) is 5.10 Å². The third kappa shape index (κ3) is 2.97. The van der Waals surface area contributed by atoms with Gasteiger partial charge in [0.1, 0.15) is 5.69 Å². The molecule has 7 heteroatoms. The minimum absolute atomic E-state index is 0.144. The number of amides is 1. The van der Waals surface area contributed by atoms with Gasteiger partial charge in [-0.25, -0.2) is 4.79 Å². The van der Waals surface area contributed by atoms with Gasteiger partial charge in [-0.1, -0.05) is 29.8 Å². The Hall–Kier alpha value is -2.34. The van der Waals surface area contributed by atoms with Crippen LogP contribution < -0.4 is 5.32 Å². The first-order valence-electron chi connectivity index (χ1n) is 5.77. The van der Waals surface area contributed by atoms with Crippen LogP contribution in [0.5, 0.6) is 0 Å². The number of hydrogen-bond acceptors (Lipinski definition) is 3. The molecule has 0 spiro atoms. The zero-order valence-corrected chi connectivity index (χ0v) is 11.3. The van der Waals surface area contributed by atoms with Crippen molar-refractivity contribution < 1.29 is 14.7 Å². The highest BCUT2D eigenvalue weighted by atomic mass is 35.5. The van der Waals surface area contributed by atoms with Gasteiger partial charge < -0.3 is 10.4 Å². The SMILES string of the molecule is Cn1ccc(C(=O)N[C@@H](C(=O)O)c2ccccc2Cl)n1. The van der Waals surface area contributed by atoms with Crippen molar-refractivity contribution in [1.29, 1.82) is 0 Å². The fourth-order valence-corrected chi connectivity index (χ4v) is 1.97. The first kappa shape index (κ1) is 14.1. The standard InChI is InChI=1S/C13H12ClN3O3/c1-17-7-6-10(16-17)12(18)15-11(13(19)20)8-4-2-3-5-9(8)14/h2-7,11H,1H3,(H,15,18)(H,19,20)/t11-/m1/s1. The number of hydrogen-bond donors (Lipinski definition) is 2. The number of aliphatic carboxylic acids is 1. The van der Waals surface area contributed by atoms with E-state index in [0.717, 1.165) is 0 Å². The first-order valence-corrected chi connectivity index (χ1v) is 6.14. The largest absolute Gasteiger partial charge is 0.479 e. The fourth-order valence-electron chi connectivity index (χ4n) is 1.72. The number of benzene rings is 1. The topological polar surface area (TPSA) is 84.2 Å². The third-order valence-electron chi connectivity index (χ3n) is 2.68. The summed E-state index contributed by atoms with van der Waals surface area (Å²) in [4.78, 5) is 23.3. The normalized spacial score (nSPS) is 11.9. The molecule has 0 aliphatic heterocycles. The number of nitrogens with one attached hydrogen (secondary N) is 1. The summed E-state index contributed by atoms with van der Waals surface area (Å²) < 4.78 is 1.46. The number of aryl methyl sites for hydroxylation is 1. The minimum atomic E-state index is -1.22. The second-order valence-corrected chi connectivity index (χ2v) is 4.55. The van der Waals surface area contributed by atoms with E-state index in [2.05, 4.69) is 10.4 Å². The predicted molar refractivity (Wildman–Crippen MR) is 72.5 cm³/mol. The summed E-state index contributed by atoms with van der Waals surface area (Å²) in [7, 11) is 1.67. The predicted octanol–water partition coefficient (Wildman–Crippen LogP) is 1.63. The third-order valence-corrected chi connectivity index (χ3v) is 3.03. The van der Waals surface area contributed by atoms with Crippen LogP contribution in [0.1, 0.15) is 22.1 Å². The van der Waals surface area contributed by atoms with Gasteiger partial charge in [0.05, 0.1) is 0 Å². The van der Waals surface area contributed by atoms with E-state index in [0.29, 0.717) is 5.56 Å². The van der Waals surface area contributed by atoms with Crippen LogP contribution in [0.3, 0.4) is 0 Å². The van der Waals surface area contributed by atoms with Crippen LogP contribution in [0, 0.1) is 0 Å². The molecule has 0 saturated carbocycles. The number of carboxylic acids is 1. The summed E-state index contributed by atoms with van der Waals surface area (Å²) in [5, 5.41) is 15.9. The van der Waals surface area contributed by atoms with Crippen molar-refractivity contribution in [3.63, 3.8) is 0 Å². The van der Waals surface area contributed by atoms with Crippen LogP contribution in [-0.4, -0.2) is 26.8 Å². The maximum atomic E-state index is 12.0. The molecule has 0 bridgehead atoms. The second-order valence-electron chi connectivity index (χ2n) is 4.14. The molecule has 1 amide bonds. The van der Waals surface area contributed by atoms with Crippen LogP contribution in [0.2, 0.25) is 5.02 Å². The molecular formula is C13H12ClN3O3. The molecule has 1 aromatic heterocycles. The van der Waals surface area contributed by atoms with Gasteiger partial charge in [0.15, 0.2) is 6.04 Å². The quantitative estimate of drug-likeness (QED) is 0.897. The molecule has 6 nitrogen and oxygen atoms in total. The summed E-state index contributed by atoms with van der Waals surface area (Å²) in [6.45, 7) is 0. The van der Waals surface area contributed by atoms with Gasteiger partial charge in [0.25, 0.3) is 5.91 Å². The molecule has 0 aliphatic carbocycles. The van der Waals surface area contributed by atoms with E-state index in [1.54, 1.807) is 37.5 Å². The van der Waals surface area contributed by atoms with Gasteiger partial charge in [-0.3, -0.25) is 9.48 Å². The van der Waals surface area contributed by atoms with E-state index in [4.69, 9.17) is 11.6 Å². The maximum absolute atomic E-state index is 12.0. The monoisotopic (exact) mass is 293 g/mol. The van der Waals surface area contributed by atoms with Crippen LogP contribution >= 0.6 is 11.6 Å². The number of carboxylic acid groups (broad SMARTS) is 1. The van der Waals surface area contributed by atoms with Crippen LogP contribution in [0.25, 0.3) is 0 Å². The van der Waals surface area contributed by atoms with Gasteiger partial charge >= 0.3 is 5.97 Å². The molecule has 104 valence electrons. The fraction of sp³-hybridized carbons (Fsp3) is 0.154. The average Bonchev–Trinajstić information content (AvgIpc) is 2.83. The van der Waals surface area contributed by atoms with E-state index in [1.165, 1.54) is 10.7 Å².